The van der Waals surface area contributed by atoms with Gasteiger partial charge in [0.05, 0.1) is 23.9 Å². The van der Waals surface area contributed by atoms with Crippen LogP contribution in [0.3, 0.4) is 0 Å². The molecule has 0 N–H and O–H groups in total. The average molecular weight is 506 g/mol. The smallest absolute Gasteiger partial charge is 0.444 e. The Morgan fingerprint density at radius 3 is 2.40 bits per heavy atom. The maximum absolute atomic E-state index is 12.7. The molecule has 1 aromatic rings. The third kappa shape index (κ3) is 5.84. The van der Waals surface area contributed by atoms with Gasteiger partial charge in [-0.05, 0) is 84.6 Å². The molecule has 2 aliphatic heterocycles. The van der Waals surface area contributed by atoms with Crippen LogP contribution in [0.15, 0.2) is 18.2 Å². The Hall–Kier alpha value is -1.28. The number of halogens is 1. The largest absolute Gasteiger partial charge is 0.496 e. The molecule has 3 aliphatic rings. The number of ether oxygens (including phenoxy) is 2. The second-order valence-electron chi connectivity index (χ2n) is 13.0. The van der Waals surface area contributed by atoms with E-state index in [9.17, 15) is 4.79 Å². The van der Waals surface area contributed by atoms with Crippen LogP contribution in [0.2, 0.25) is 5.02 Å². The summed E-state index contributed by atoms with van der Waals surface area (Å²) in [7, 11) is -0.501. The van der Waals surface area contributed by atoms with Crippen LogP contribution in [0.4, 0.5) is 4.79 Å². The van der Waals surface area contributed by atoms with E-state index in [1.807, 2.05) is 71.6 Å². The Bertz CT molecular complexity index is 945. The molecular weight excluding hydrogens is 465 g/mol. The van der Waals surface area contributed by atoms with E-state index in [-0.39, 0.29) is 17.6 Å². The Kier molecular flexibility index (Phi) is 7.06. The van der Waals surface area contributed by atoms with E-state index >= 15 is 0 Å². The van der Waals surface area contributed by atoms with Crippen LogP contribution in [0.5, 0.6) is 0 Å². The van der Waals surface area contributed by atoms with Gasteiger partial charge in [0.1, 0.15) is 5.60 Å². The summed E-state index contributed by atoms with van der Waals surface area (Å²) in [4.78, 5) is 14.6. The van der Waals surface area contributed by atoms with E-state index in [1.165, 1.54) is 0 Å². The Morgan fingerprint density at radius 1 is 1.14 bits per heavy atom. The van der Waals surface area contributed by atoms with Crippen LogP contribution in [-0.4, -0.2) is 54.1 Å². The molecule has 1 unspecified atom stereocenters. The van der Waals surface area contributed by atoms with E-state index in [1.54, 1.807) is 0 Å². The second-order valence-corrected chi connectivity index (χ2v) is 13.4. The molecule has 1 saturated carbocycles. The second kappa shape index (κ2) is 9.23. The lowest BCUT2D eigenvalue weighted by Crippen LogP contribution is -2.54. The third-order valence-electron chi connectivity index (χ3n) is 7.89. The molecule has 1 aromatic carbocycles. The molecule has 0 spiro atoms. The normalized spacial score (nSPS) is 29.9. The fourth-order valence-corrected chi connectivity index (χ4v) is 5.91. The van der Waals surface area contributed by atoms with Crippen molar-refractivity contribution in [3.63, 3.8) is 0 Å². The highest BCUT2D eigenvalue weighted by Gasteiger charge is 2.52. The van der Waals surface area contributed by atoms with Gasteiger partial charge in [-0.15, -0.1) is 0 Å². The fraction of sp³-hybridized carbons (Fsp3) is 0.741. The van der Waals surface area contributed by atoms with Crippen molar-refractivity contribution in [1.29, 1.82) is 0 Å². The number of carbonyl (C=O) groups excluding carboxylic acids is 1. The minimum Gasteiger partial charge on any atom is -0.444 e. The van der Waals surface area contributed by atoms with Crippen molar-refractivity contribution in [1.82, 2.24) is 4.90 Å². The predicted molar refractivity (Wildman–Crippen MR) is 139 cm³/mol. The van der Waals surface area contributed by atoms with Crippen LogP contribution in [0.1, 0.15) is 80.2 Å². The minimum atomic E-state index is -0.501. The van der Waals surface area contributed by atoms with Crippen LogP contribution in [0.25, 0.3) is 0 Å². The number of benzene rings is 1. The monoisotopic (exact) mass is 505 g/mol. The molecule has 4 rings (SSSR count). The molecule has 2 saturated heterocycles. The number of hydrogen-bond donors (Lipinski definition) is 0. The predicted octanol–water partition coefficient (Wildman–Crippen LogP) is 5.58. The summed E-state index contributed by atoms with van der Waals surface area (Å²) in [6.45, 7) is 18.0. The first kappa shape index (κ1) is 26.8. The number of fused-ring (bicyclic) bond motifs is 2. The number of nitrogens with zero attached hydrogens (tertiary/aromatic N) is 1. The summed E-state index contributed by atoms with van der Waals surface area (Å²) >= 11 is 6.82. The van der Waals surface area contributed by atoms with E-state index in [0.29, 0.717) is 24.1 Å². The van der Waals surface area contributed by atoms with Crippen molar-refractivity contribution >= 4 is 30.3 Å². The number of likely N-dealkylation sites (tertiary alicyclic amines) is 1. The van der Waals surface area contributed by atoms with Crippen molar-refractivity contribution in [2.75, 3.05) is 13.1 Å². The van der Waals surface area contributed by atoms with Gasteiger partial charge in [-0.2, -0.15) is 0 Å². The van der Waals surface area contributed by atoms with Gasteiger partial charge in [0, 0.05) is 23.6 Å². The van der Waals surface area contributed by atoms with Crippen molar-refractivity contribution in [2.24, 2.45) is 11.3 Å². The summed E-state index contributed by atoms with van der Waals surface area (Å²) in [5.74, 6) is 0.409. The molecule has 1 amide bonds. The summed E-state index contributed by atoms with van der Waals surface area (Å²) in [5, 5.41) is 0.643. The molecule has 8 heteroatoms. The molecule has 2 bridgehead atoms. The highest BCUT2D eigenvalue weighted by atomic mass is 35.5. The topological polar surface area (TPSA) is 57.2 Å². The first-order valence-corrected chi connectivity index (χ1v) is 13.2. The molecule has 194 valence electrons. The van der Waals surface area contributed by atoms with Crippen molar-refractivity contribution in [3.05, 3.63) is 28.8 Å². The molecule has 0 radical (unpaired) electrons. The molecule has 1 aliphatic carbocycles. The van der Waals surface area contributed by atoms with E-state index in [0.717, 1.165) is 36.8 Å². The minimum absolute atomic E-state index is 0.0249. The van der Waals surface area contributed by atoms with Gasteiger partial charge in [-0.1, -0.05) is 36.7 Å². The Balaban J connectivity index is 1.39. The molecular formula is C27H41BClNO5. The lowest BCUT2D eigenvalue weighted by atomic mass is 9.67. The average Bonchev–Trinajstić information content (AvgIpc) is 2.91. The molecule has 3 fully saturated rings. The van der Waals surface area contributed by atoms with Gasteiger partial charge in [0.15, 0.2) is 0 Å². The number of amides is 1. The van der Waals surface area contributed by atoms with Gasteiger partial charge in [0.25, 0.3) is 0 Å². The Morgan fingerprint density at radius 2 is 1.80 bits per heavy atom. The molecule has 3 atom stereocenters. The first-order chi connectivity index (χ1) is 16.1. The van der Waals surface area contributed by atoms with Crippen molar-refractivity contribution < 1.29 is 23.6 Å². The van der Waals surface area contributed by atoms with E-state index in [2.05, 4.69) is 6.92 Å². The van der Waals surface area contributed by atoms with Crippen molar-refractivity contribution in [3.8, 4) is 0 Å². The van der Waals surface area contributed by atoms with Gasteiger partial charge in [-0.25, -0.2) is 4.79 Å². The molecule has 6 nitrogen and oxygen atoms in total. The summed E-state index contributed by atoms with van der Waals surface area (Å²) in [5.41, 5.74) is 0.481. The zero-order chi connectivity index (χ0) is 25.8. The zero-order valence-corrected chi connectivity index (χ0v) is 23.3. The highest BCUT2D eigenvalue weighted by Crippen LogP contribution is 2.45. The first-order valence-electron chi connectivity index (χ1n) is 12.8. The summed E-state index contributed by atoms with van der Waals surface area (Å²) in [6.07, 6.45) is 2.89. The number of carbonyl (C=O) groups is 1. The quantitative estimate of drug-likeness (QED) is 0.500. The lowest BCUT2D eigenvalue weighted by molar-refractivity contribution is -0.0797. The third-order valence-corrected chi connectivity index (χ3v) is 8.35. The van der Waals surface area contributed by atoms with E-state index < -0.39 is 23.9 Å². The van der Waals surface area contributed by atoms with Crippen LogP contribution >= 0.6 is 11.6 Å². The molecule has 2 heterocycles. The van der Waals surface area contributed by atoms with Crippen molar-refractivity contribution in [2.45, 2.75) is 104 Å². The van der Waals surface area contributed by atoms with Crippen LogP contribution in [-0.2, 0) is 25.4 Å². The fourth-order valence-electron chi connectivity index (χ4n) is 5.64. The lowest BCUT2D eigenvalue weighted by Gasteiger charge is -2.50. The maximum Gasteiger partial charge on any atom is 0.496 e. The van der Waals surface area contributed by atoms with Gasteiger partial charge < -0.3 is 23.7 Å². The zero-order valence-electron chi connectivity index (χ0n) is 22.6. The molecule has 0 aromatic heterocycles. The molecule has 35 heavy (non-hydrogen) atoms. The highest BCUT2D eigenvalue weighted by molar-refractivity contribution is 6.65. The maximum atomic E-state index is 12.7. The van der Waals surface area contributed by atoms with Crippen LogP contribution < -0.4 is 5.46 Å². The summed E-state index contributed by atoms with van der Waals surface area (Å²) < 4.78 is 24.5. The SMILES string of the molecule is CC12C[C@H](C[C@@H](OCc3cccc(B4OC(C)(C)C(C)(C)O4)c3Cl)C1)CN(C(=O)OC(C)(C)C)C2. The van der Waals surface area contributed by atoms with Crippen LogP contribution in [0, 0.1) is 11.3 Å². The Labute approximate surface area is 216 Å². The van der Waals surface area contributed by atoms with Gasteiger partial charge in [0.2, 0.25) is 0 Å². The summed E-state index contributed by atoms with van der Waals surface area (Å²) in [6, 6.07) is 5.96. The van der Waals surface area contributed by atoms with Gasteiger partial charge in [-0.3, -0.25) is 0 Å². The standard InChI is InChI=1S/C27H41BClNO5/c1-24(2,3)33-23(31)30-15-18-12-20(14-27(8,13-18)17-30)32-16-19-10-9-11-21(22(19)29)28-34-25(4,5)26(6,7)35-28/h9-11,18,20H,12-17H2,1-8H3/t18-,20+,27?/m0/s1. The number of rotatable bonds is 4. The number of piperidine rings is 1. The van der Waals surface area contributed by atoms with E-state index in [4.69, 9.17) is 30.4 Å². The number of hydrogen-bond acceptors (Lipinski definition) is 5. The van der Waals surface area contributed by atoms with Gasteiger partial charge >= 0.3 is 13.2 Å².